The molecule has 178 valence electrons. The molecule has 0 atom stereocenters. The van der Waals surface area contributed by atoms with E-state index in [1.165, 1.54) is 0 Å². The van der Waals surface area contributed by atoms with E-state index in [-0.39, 0.29) is 12.4 Å². The predicted molar refractivity (Wildman–Crippen MR) is 135 cm³/mol. The van der Waals surface area contributed by atoms with Crippen molar-refractivity contribution in [1.29, 1.82) is 0 Å². The van der Waals surface area contributed by atoms with E-state index in [1.807, 2.05) is 62.4 Å². The third-order valence-electron chi connectivity index (χ3n) is 6.66. The minimum absolute atomic E-state index is 0.192. The van der Waals surface area contributed by atoms with Crippen LogP contribution in [-0.4, -0.2) is 27.9 Å². The molecule has 3 aromatic heterocycles. The van der Waals surface area contributed by atoms with Crippen LogP contribution in [0.2, 0.25) is 0 Å². The van der Waals surface area contributed by atoms with E-state index in [1.54, 1.807) is 6.26 Å². The number of pyridine rings is 1. The first-order valence-corrected chi connectivity index (χ1v) is 12.0. The number of Topliss-reactive ketones (excluding diaryl/α,β-unsaturated/α-hetero) is 1. The second kappa shape index (κ2) is 9.37. The number of carbonyl (C=O) groups excluding carboxylic acids is 2. The average molecular weight is 469 g/mol. The Bertz CT molecular complexity index is 1460. The number of hydrogen-bond donors (Lipinski definition) is 0. The average Bonchev–Trinajstić information content (AvgIpc) is 3.58. The minimum Gasteiger partial charge on any atom is -0.465 e. The summed E-state index contributed by atoms with van der Waals surface area (Å²) in [6.45, 7) is 6.60. The third-order valence-corrected chi connectivity index (χ3v) is 6.66. The molecule has 3 heterocycles. The molecule has 6 nitrogen and oxygen atoms in total. The second-order valence-electron chi connectivity index (χ2n) is 8.95. The zero-order valence-electron chi connectivity index (χ0n) is 20.3. The first-order chi connectivity index (χ1) is 17.0. The van der Waals surface area contributed by atoms with Crippen LogP contribution in [0.25, 0.3) is 22.6 Å². The topological polar surface area (TPSA) is 74.3 Å². The number of ether oxygens (including phenoxy) is 1. The normalized spacial score (nSPS) is 14.0. The summed E-state index contributed by atoms with van der Waals surface area (Å²) in [4.78, 5) is 31.2. The van der Waals surface area contributed by atoms with E-state index in [2.05, 4.69) is 11.5 Å². The molecule has 1 aromatic carbocycles. The van der Waals surface area contributed by atoms with E-state index in [0.717, 1.165) is 64.3 Å². The Kier molecular flexibility index (Phi) is 6.12. The lowest BCUT2D eigenvalue weighted by Crippen LogP contribution is -2.17. The van der Waals surface area contributed by atoms with Crippen LogP contribution < -0.4 is 0 Å². The Morgan fingerprint density at radius 3 is 2.74 bits per heavy atom. The van der Waals surface area contributed by atoms with Gasteiger partial charge in [-0.05, 0) is 74.6 Å². The van der Waals surface area contributed by atoms with Crippen molar-refractivity contribution in [3.8, 4) is 0 Å². The van der Waals surface area contributed by atoms with Gasteiger partial charge in [-0.1, -0.05) is 25.1 Å². The Morgan fingerprint density at radius 1 is 1.14 bits per heavy atom. The van der Waals surface area contributed by atoms with Crippen molar-refractivity contribution in [1.82, 2.24) is 9.55 Å². The van der Waals surface area contributed by atoms with Crippen LogP contribution in [0.5, 0.6) is 0 Å². The maximum Gasteiger partial charge on any atom is 0.339 e. The van der Waals surface area contributed by atoms with Gasteiger partial charge >= 0.3 is 5.97 Å². The predicted octanol–water partition coefficient (Wildman–Crippen LogP) is 6.18. The van der Waals surface area contributed by atoms with Crippen LogP contribution in [0.1, 0.15) is 68.9 Å². The molecule has 0 N–H and O–H groups in total. The summed E-state index contributed by atoms with van der Waals surface area (Å²) in [5.41, 5.74) is 6.45. The molecule has 0 unspecified atom stereocenters. The van der Waals surface area contributed by atoms with Gasteiger partial charge in [0.25, 0.3) is 0 Å². The molecule has 0 spiro atoms. The zero-order chi connectivity index (χ0) is 24.5. The standard InChI is InChI=1S/C29H28N2O4/c1-4-13-31-18(2)15-24(19(31)3)26(32)17-35-29(33)27-22-9-5-6-10-25(22)30-28-20(11-12-23(27)28)16-21-8-7-14-34-21/h5-10,14-16H,4,11-13,17H2,1-3H3. The van der Waals surface area contributed by atoms with Gasteiger partial charge in [0.1, 0.15) is 5.76 Å². The van der Waals surface area contributed by atoms with Crippen molar-refractivity contribution in [3.05, 3.63) is 88.3 Å². The number of benzene rings is 1. The van der Waals surface area contributed by atoms with Gasteiger partial charge in [-0.2, -0.15) is 0 Å². The molecule has 0 aliphatic heterocycles. The molecular formula is C29H28N2O4. The molecule has 1 aliphatic rings. The van der Waals surface area contributed by atoms with E-state index in [0.29, 0.717) is 17.5 Å². The van der Waals surface area contributed by atoms with E-state index in [9.17, 15) is 9.59 Å². The van der Waals surface area contributed by atoms with Crippen molar-refractivity contribution in [2.75, 3.05) is 6.61 Å². The number of rotatable bonds is 7. The summed E-state index contributed by atoms with van der Waals surface area (Å²) in [6.07, 6.45) is 6.02. The number of para-hydroxylation sites is 1. The van der Waals surface area contributed by atoms with Crippen LogP contribution in [-0.2, 0) is 17.7 Å². The van der Waals surface area contributed by atoms with Gasteiger partial charge in [-0.15, -0.1) is 0 Å². The molecule has 4 aromatic rings. The summed E-state index contributed by atoms with van der Waals surface area (Å²) >= 11 is 0. The molecule has 1 aliphatic carbocycles. The van der Waals surface area contributed by atoms with Gasteiger partial charge in [0, 0.05) is 28.9 Å². The lowest BCUT2D eigenvalue weighted by molar-refractivity contribution is 0.0475. The van der Waals surface area contributed by atoms with Crippen LogP contribution in [0, 0.1) is 13.8 Å². The summed E-state index contributed by atoms with van der Waals surface area (Å²) in [6, 6.07) is 13.2. The number of allylic oxidation sites excluding steroid dienone is 1. The van der Waals surface area contributed by atoms with Crippen LogP contribution in [0.3, 0.4) is 0 Å². The number of hydrogen-bond acceptors (Lipinski definition) is 5. The lowest BCUT2D eigenvalue weighted by atomic mass is 10.0. The maximum absolute atomic E-state index is 13.4. The highest BCUT2D eigenvalue weighted by molar-refractivity contribution is 6.08. The van der Waals surface area contributed by atoms with Gasteiger partial charge in [-0.3, -0.25) is 4.79 Å². The third kappa shape index (κ3) is 4.20. The Hall–Kier alpha value is -3.93. The van der Waals surface area contributed by atoms with Crippen LogP contribution in [0.4, 0.5) is 0 Å². The monoisotopic (exact) mass is 468 g/mol. The van der Waals surface area contributed by atoms with Crippen LogP contribution >= 0.6 is 0 Å². The van der Waals surface area contributed by atoms with Crippen molar-refractivity contribution >= 4 is 34.3 Å². The highest BCUT2D eigenvalue weighted by Gasteiger charge is 2.28. The minimum atomic E-state index is -0.491. The van der Waals surface area contributed by atoms with Crippen molar-refractivity contribution in [2.45, 2.75) is 46.6 Å². The summed E-state index contributed by atoms with van der Waals surface area (Å²) in [5.74, 6) is 0.0650. The van der Waals surface area contributed by atoms with Gasteiger partial charge in [0.15, 0.2) is 6.61 Å². The second-order valence-corrected chi connectivity index (χ2v) is 8.95. The molecule has 35 heavy (non-hydrogen) atoms. The lowest BCUT2D eigenvalue weighted by Gasteiger charge is -2.12. The number of esters is 1. The Labute approximate surface area is 204 Å². The molecule has 0 saturated heterocycles. The first kappa shape index (κ1) is 22.8. The summed E-state index contributed by atoms with van der Waals surface area (Å²) < 4.78 is 13.2. The highest BCUT2D eigenvalue weighted by atomic mass is 16.5. The molecule has 0 amide bonds. The number of carbonyl (C=O) groups is 2. The fraction of sp³-hybridized carbons (Fsp3) is 0.276. The molecule has 0 bridgehead atoms. The van der Waals surface area contributed by atoms with Gasteiger partial charge in [0.2, 0.25) is 5.78 Å². The van der Waals surface area contributed by atoms with Crippen molar-refractivity contribution in [3.63, 3.8) is 0 Å². The molecule has 0 radical (unpaired) electrons. The summed E-state index contributed by atoms with van der Waals surface area (Å²) in [5, 5.41) is 0.740. The number of aryl methyl sites for hydroxylation is 1. The molecule has 0 fully saturated rings. The fourth-order valence-corrected chi connectivity index (χ4v) is 4.99. The smallest absolute Gasteiger partial charge is 0.339 e. The van der Waals surface area contributed by atoms with Gasteiger partial charge in [0.05, 0.1) is 23.0 Å². The largest absolute Gasteiger partial charge is 0.465 e. The quantitative estimate of drug-likeness (QED) is 0.239. The van der Waals surface area contributed by atoms with Crippen LogP contribution in [0.15, 0.2) is 53.1 Å². The number of ketones is 1. The Balaban J connectivity index is 1.46. The fourth-order valence-electron chi connectivity index (χ4n) is 4.99. The number of fused-ring (bicyclic) bond motifs is 2. The molecular weight excluding hydrogens is 440 g/mol. The zero-order valence-corrected chi connectivity index (χ0v) is 20.3. The molecule has 6 heteroatoms. The first-order valence-electron chi connectivity index (χ1n) is 12.0. The molecule has 0 saturated carbocycles. The van der Waals surface area contributed by atoms with Gasteiger partial charge < -0.3 is 13.7 Å². The maximum atomic E-state index is 13.4. The van der Waals surface area contributed by atoms with E-state index < -0.39 is 5.97 Å². The van der Waals surface area contributed by atoms with Crippen molar-refractivity contribution in [2.24, 2.45) is 0 Å². The number of furan rings is 1. The van der Waals surface area contributed by atoms with Gasteiger partial charge in [-0.25, -0.2) is 9.78 Å². The summed E-state index contributed by atoms with van der Waals surface area (Å²) in [7, 11) is 0. The van der Waals surface area contributed by atoms with E-state index >= 15 is 0 Å². The van der Waals surface area contributed by atoms with E-state index in [4.69, 9.17) is 14.1 Å². The SMILES string of the molecule is CCCn1c(C)cc(C(=O)COC(=O)c2c3c(nc4ccccc24)C(=Cc2ccco2)CC3)c1C. The number of aromatic nitrogens is 2. The number of nitrogens with zero attached hydrogens (tertiary/aromatic N) is 2. The highest BCUT2D eigenvalue weighted by Crippen LogP contribution is 2.37. The molecule has 5 rings (SSSR count). The Morgan fingerprint density at radius 2 is 1.97 bits per heavy atom. The van der Waals surface area contributed by atoms with Crippen molar-refractivity contribution < 1.29 is 18.7 Å².